The molecule has 3 atom stereocenters. The third-order valence-corrected chi connectivity index (χ3v) is 4.22. The zero-order valence-corrected chi connectivity index (χ0v) is 8.97. The molecule has 1 saturated carbocycles. The Bertz CT molecular complexity index is 356. The van der Waals surface area contributed by atoms with Crippen molar-refractivity contribution in [3.8, 4) is 0 Å². The smallest absolute Gasteiger partial charge is 0.244 e. The summed E-state index contributed by atoms with van der Waals surface area (Å²) in [6, 6.07) is 0. The Hall–Kier alpha value is -0.880. The fourth-order valence-corrected chi connectivity index (χ4v) is 3.62. The van der Waals surface area contributed by atoms with Gasteiger partial charge in [-0.05, 0) is 12.8 Å². The number of amides is 2. The maximum Gasteiger partial charge on any atom is 0.244 e. The lowest BCUT2D eigenvalue weighted by atomic mass is 9.97. The quantitative estimate of drug-likeness (QED) is 0.588. The molecule has 6 heteroatoms. The maximum atomic E-state index is 11.7. The Morgan fingerprint density at radius 2 is 2.27 bits per heavy atom. The van der Waals surface area contributed by atoms with Crippen LogP contribution in [0, 0.1) is 5.92 Å². The van der Waals surface area contributed by atoms with Gasteiger partial charge in [-0.2, -0.15) is 0 Å². The highest BCUT2D eigenvalue weighted by atomic mass is 32.2. The minimum Gasteiger partial charge on any atom is -0.392 e. The highest BCUT2D eigenvalue weighted by Crippen LogP contribution is 2.49. The van der Waals surface area contributed by atoms with Crippen LogP contribution in [0.5, 0.6) is 0 Å². The van der Waals surface area contributed by atoms with Crippen molar-refractivity contribution >= 4 is 28.7 Å². The number of carbonyl (C=O) groups is 3. The van der Waals surface area contributed by atoms with Crippen molar-refractivity contribution in [2.75, 3.05) is 0 Å². The van der Waals surface area contributed by atoms with Crippen LogP contribution in [-0.4, -0.2) is 32.9 Å². The van der Waals surface area contributed by atoms with Gasteiger partial charge in [0, 0.05) is 6.92 Å². The van der Waals surface area contributed by atoms with Gasteiger partial charge in [0.15, 0.2) is 5.12 Å². The van der Waals surface area contributed by atoms with E-state index in [4.69, 9.17) is 0 Å². The molecule has 0 radical (unpaired) electrons. The maximum absolute atomic E-state index is 11.7. The lowest BCUT2D eigenvalue weighted by molar-refractivity contribution is -0.127. The molecule has 82 valence electrons. The van der Waals surface area contributed by atoms with Crippen molar-refractivity contribution < 1.29 is 19.5 Å². The molecule has 0 aromatic heterocycles. The Balaban J connectivity index is 2.38. The van der Waals surface area contributed by atoms with E-state index in [1.807, 2.05) is 0 Å². The van der Waals surface area contributed by atoms with Crippen LogP contribution in [-0.2, 0) is 14.4 Å². The van der Waals surface area contributed by atoms with Gasteiger partial charge in [-0.3, -0.25) is 19.7 Å². The molecule has 1 heterocycles. The molecule has 1 aliphatic heterocycles. The Morgan fingerprint density at radius 3 is 2.87 bits per heavy atom. The van der Waals surface area contributed by atoms with Crippen molar-refractivity contribution in [1.29, 1.82) is 0 Å². The van der Waals surface area contributed by atoms with Crippen molar-refractivity contribution in [2.24, 2.45) is 5.92 Å². The fourth-order valence-electron chi connectivity index (χ4n) is 2.35. The Labute approximate surface area is 90.6 Å². The van der Waals surface area contributed by atoms with Crippen LogP contribution in [0.3, 0.4) is 0 Å². The molecule has 2 amide bonds. The van der Waals surface area contributed by atoms with Gasteiger partial charge in [0.2, 0.25) is 11.8 Å². The average molecular weight is 229 g/mol. The summed E-state index contributed by atoms with van der Waals surface area (Å²) in [5.41, 5.74) is 0. The summed E-state index contributed by atoms with van der Waals surface area (Å²) >= 11 is 0.864. The number of hydrogen-bond acceptors (Lipinski definition) is 5. The molecule has 2 rings (SSSR count). The molecule has 5 nitrogen and oxygen atoms in total. The van der Waals surface area contributed by atoms with Crippen LogP contribution >= 0.6 is 11.8 Å². The molecule has 0 spiro atoms. The summed E-state index contributed by atoms with van der Waals surface area (Å²) in [6.45, 7) is 1.36. The Kier molecular flexibility index (Phi) is 2.35. The van der Waals surface area contributed by atoms with Gasteiger partial charge in [0.05, 0.1) is 12.0 Å². The van der Waals surface area contributed by atoms with Crippen molar-refractivity contribution in [3.63, 3.8) is 0 Å². The van der Waals surface area contributed by atoms with E-state index in [1.54, 1.807) is 0 Å². The number of imide groups is 1. The minimum atomic E-state index is -1.05. The third kappa shape index (κ3) is 1.39. The molecule has 0 aromatic rings. The van der Waals surface area contributed by atoms with Crippen LogP contribution in [0.25, 0.3) is 0 Å². The number of aliphatic hydroxyl groups is 1. The first-order valence-electron chi connectivity index (χ1n) is 4.70. The lowest BCUT2D eigenvalue weighted by Crippen LogP contribution is -2.38. The van der Waals surface area contributed by atoms with Crippen LogP contribution in [0.4, 0.5) is 0 Å². The SMILES string of the molecule is CC(=O)S[C@@]12CC[C@@H](O)[C@@H]1C(=O)NC2=O. The Morgan fingerprint density at radius 1 is 1.60 bits per heavy atom. The monoisotopic (exact) mass is 229 g/mol. The van der Waals surface area contributed by atoms with E-state index in [-0.39, 0.29) is 5.12 Å². The number of rotatable bonds is 1. The zero-order chi connectivity index (χ0) is 11.2. The van der Waals surface area contributed by atoms with Gasteiger partial charge in [-0.1, -0.05) is 11.8 Å². The molecule has 0 aromatic carbocycles. The first kappa shape index (κ1) is 10.6. The summed E-state index contributed by atoms with van der Waals surface area (Å²) in [7, 11) is 0. The normalized spacial score (nSPS) is 39.1. The van der Waals surface area contributed by atoms with Crippen molar-refractivity contribution in [1.82, 2.24) is 5.32 Å². The molecule has 0 unspecified atom stereocenters. The van der Waals surface area contributed by atoms with Crippen molar-refractivity contribution in [3.05, 3.63) is 0 Å². The molecule has 1 saturated heterocycles. The van der Waals surface area contributed by atoms with Crippen LogP contribution in [0.1, 0.15) is 19.8 Å². The molecule has 15 heavy (non-hydrogen) atoms. The first-order chi connectivity index (χ1) is 6.97. The van der Waals surface area contributed by atoms with Gasteiger partial charge >= 0.3 is 0 Å². The second kappa shape index (κ2) is 3.31. The van der Waals surface area contributed by atoms with E-state index in [1.165, 1.54) is 6.92 Å². The van der Waals surface area contributed by atoms with E-state index >= 15 is 0 Å². The second-order valence-corrected chi connectivity index (χ2v) is 5.39. The number of thioether (sulfide) groups is 1. The number of fused-ring (bicyclic) bond motifs is 1. The topological polar surface area (TPSA) is 83.5 Å². The molecular formula is C9H11NO4S. The lowest BCUT2D eigenvalue weighted by Gasteiger charge is -2.22. The predicted octanol–water partition coefficient (Wildman–Crippen LogP) is -0.568. The minimum absolute atomic E-state index is 0.209. The number of aliphatic hydroxyl groups excluding tert-OH is 1. The van der Waals surface area contributed by atoms with Gasteiger partial charge < -0.3 is 5.11 Å². The van der Waals surface area contributed by atoms with E-state index in [0.717, 1.165) is 11.8 Å². The standard InChI is InChI=1S/C9H11NO4S/c1-4(11)15-9-3-2-5(12)6(9)7(13)10-8(9)14/h5-6,12H,2-3H2,1H3,(H,10,13,14)/t5-,6-,9+/m1/s1. The van der Waals surface area contributed by atoms with Gasteiger partial charge in [0.1, 0.15) is 4.75 Å². The average Bonchev–Trinajstić information content (AvgIpc) is 2.53. The van der Waals surface area contributed by atoms with Gasteiger partial charge in [-0.15, -0.1) is 0 Å². The van der Waals surface area contributed by atoms with E-state index in [9.17, 15) is 19.5 Å². The summed E-state index contributed by atoms with van der Waals surface area (Å²) in [5.74, 6) is -1.66. The number of carbonyl (C=O) groups excluding carboxylic acids is 3. The molecule has 2 aliphatic rings. The van der Waals surface area contributed by atoms with Crippen molar-refractivity contribution in [2.45, 2.75) is 30.6 Å². The van der Waals surface area contributed by atoms with E-state index in [0.29, 0.717) is 12.8 Å². The largest absolute Gasteiger partial charge is 0.392 e. The number of nitrogens with one attached hydrogen (secondary N) is 1. The van der Waals surface area contributed by atoms with Crippen LogP contribution in [0.15, 0.2) is 0 Å². The van der Waals surface area contributed by atoms with Gasteiger partial charge in [-0.25, -0.2) is 0 Å². The predicted molar refractivity (Wildman–Crippen MR) is 52.9 cm³/mol. The molecular weight excluding hydrogens is 218 g/mol. The third-order valence-electron chi connectivity index (χ3n) is 2.93. The first-order valence-corrected chi connectivity index (χ1v) is 5.52. The molecule has 1 aliphatic carbocycles. The molecule has 0 bridgehead atoms. The summed E-state index contributed by atoms with van der Waals surface area (Å²) < 4.78 is -1.05. The summed E-state index contributed by atoms with van der Waals surface area (Å²) in [4.78, 5) is 34.2. The molecule has 2 N–H and O–H groups in total. The van der Waals surface area contributed by atoms with E-state index in [2.05, 4.69) is 5.32 Å². The number of hydrogen-bond donors (Lipinski definition) is 2. The fraction of sp³-hybridized carbons (Fsp3) is 0.667. The highest BCUT2D eigenvalue weighted by molar-refractivity contribution is 8.15. The summed E-state index contributed by atoms with van der Waals surface area (Å²) in [5, 5.41) is 11.6. The van der Waals surface area contributed by atoms with Crippen LogP contribution < -0.4 is 5.32 Å². The zero-order valence-electron chi connectivity index (χ0n) is 8.15. The summed E-state index contributed by atoms with van der Waals surface area (Å²) in [6.07, 6.45) is -0.0478. The molecule has 2 fully saturated rings. The second-order valence-electron chi connectivity index (χ2n) is 3.89. The van der Waals surface area contributed by atoms with Crippen LogP contribution in [0.2, 0.25) is 0 Å². The van der Waals surface area contributed by atoms with E-state index < -0.39 is 28.6 Å². The van der Waals surface area contributed by atoms with Gasteiger partial charge in [0.25, 0.3) is 0 Å². The highest BCUT2D eigenvalue weighted by Gasteiger charge is 2.62.